The Labute approximate surface area is 147 Å². The molecular formula is C15H13N3O3S3. The maximum atomic E-state index is 12.6. The first kappa shape index (κ1) is 16.8. The van der Waals surface area contributed by atoms with Gasteiger partial charge in [0.05, 0.1) is 0 Å². The Balaban J connectivity index is 1.89. The lowest BCUT2D eigenvalue weighted by Gasteiger charge is -2.17. The van der Waals surface area contributed by atoms with Crippen molar-refractivity contribution in [3.63, 3.8) is 0 Å². The first-order chi connectivity index (χ1) is 11.6. The third-order valence-electron chi connectivity index (χ3n) is 3.09. The van der Waals surface area contributed by atoms with Crippen LogP contribution < -0.4 is 10.0 Å². The number of hydrogen-bond donors (Lipinski definition) is 2. The molecule has 24 heavy (non-hydrogen) atoms. The standard InChI is InChI=1S/C15H13N3O3S3/c19-14(17-15-16-8-10-23-15)13(11-5-2-1-3-6-11)18-24(20,21)12-7-4-9-22-12/h1-10,13,18H,(H,16,17,19). The summed E-state index contributed by atoms with van der Waals surface area (Å²) in [6.45, 7) is 0. The van der Waals surface area contributed by atoms with E-state index >= 15 is 0 Å². The molecule has 0 aliphatic heterocycles. The Morgan fingerprint density at radius 1 is 1.04 bits per heavy atom. The lowest BCUT2D eigenvalue weighted by atomic mass is 10.1. The van der Waals surface area contributed by atoms with Gasteiger partial charge in [0, 0.05) is 11.6 Å². The molecule has 0 radical (unpaired) electrons. The summed E-state index contributed by atoms with van der Waals surface area (Å²) in [5.41, 5.74) is 0.548. The largest absolute Gasteiger partial charge is 0.300 e. The number of thiazole rings is 1. The van der Waals surface area contributed by atoms with Gasteiger partial charge in [0.15, 0.2) is 5.13 Å². The van der Waals surface area contributed by atoms with Gasteiger partial charge in [-0.15, -0.1) is 22.7 Å². The number of rotatable bonds is 6. The van der Waals surface area contributed by atoms with E-state index in [-0.39, 0.29) is 4.21 Å². The monoisotopic (exact) mass is 379 g/mol. The molecule has 0 aliphatic rings. The van der Waals surface area contributed by atoms with E-state index in [0.717, 1.165) is 11.3 Å². The van der Waals surface area contributed by atoms with Crippen LogP contribution in [0.2, 0.25) is 0 Å². The van der Waals surface area contributed by atoms with Crippen molar-refractivity contribution in [3.05, 3.63) is 65.0 Å². The van der Waals surface area contributed by atoms with Gasteiger partial charge in [-0.2, -0.15) is 4.72 Å². The van der Waals surface area contributed by atoms with E-state index in [2.05, 4.69) is 15.0 Å². The molecule has 3 rings (SSSR count). The molecule has 0 fully saturated rings. The van der Waals surface area contributed by atoms with Gasteiger partial charge < -0.3 is 5.32 Å². The number of carbonyl (C=O) groups is 1. The molecule has 1 amide bonds. The summed E-state index contributed by atoms with van der Waals surface area (Å²) in [6, 6.07) is 10.8. The zero-order valence-electron chi connectivity index (χ0n) is 12.2. The highest BCUT2D eigenvalue weighted by Gasteiger charge is 2.28. The molecule has 1 aromatic carbocycles. The minimum atomic E-state index is -3.80. The topological polar surface area (TPSA) is 88.2 Å². The van der Waals surface area contributed by atoms with Crippen LogP contribution in [0.3, 0.4) is 0 Å². The lowest BCUT2D eigenvalue weighted by Crippen LogP contribution is -2.36. The molecular weight excluding hydrogens is 366 g/mol. The number of anilines is 1. The smallest absolute Gasteiger partial charge is 0.251 e. The number of carbonyl (C=O) groups excluding carboxylic acids is 1. The molecule has 6 nitrogen and oxygen atoms in total. The molecule has 0 saturated heterocycles. The van der Waals surface area contributed by atoms with E-state index < -0.39 is 22.0 Å². The van der Waals surface area contributed by atoms with Gasteiger partial charge in [0.1, 0.15) is 10.3 Å². The van der Waals surface area contributed by atoms with Gasteiger partial charge in [-0.05, 0) is 17.0 Å². The second-order valence-electron chi connectivity index (χ2n) is 4.72. The van der Waals surface area contributed by atoms with Crippen molar-refractivity contribution < 1.29 is 13.2 Å². The summed E-state index contributed by atoms with van der Waals surface area (Å²) in [4.78, 5) is 16.6. The van der Waals surface area contributed by atoms with Gasteiger partial charge >= 0.3 is 0 Å². The van der Waals surface area contributed by atoms with Crippen molar-refractivity contribution in [2.45, 2.75) is 10.3 Å². The molecule has 0 spiro atoms. The average molecular weight is 379 g/mol. The van der Waals surface area contributed by atoms with Crippen LogP contribution in [0.1, 0.15) is 11.6 Å². The van der Waals surface area contributed by atoms with Crippen molar-refractivity contribution in [1.82, 2.24) is 9.71 Å². The number of sulfonamides is 1. The van der Waals surface area contributed by atoms with Gasteiger partial charge in [-0.1, -0.05) is 36.4 Å². The van der Waals surface area contributed by atoms with Gasteiger partial charge in [0.25, 0.3) is 10.0 Å². The molecule has 2 N–H and O–H groups in total. The molecule has 0 aliphatic carbocycles. The number of thiophene rings is 1. The average Bonchev–Trinajstić information content (AvgIpc) is 3.27. The van der Waals surface area contributed by atoms with E-state index in [1.54, 1.807) is 53.4 Å². The molecule has 2 aromatic heterocycles. The number of amides is 1. The fourth-order valence-electron chi connectivity index (χ4n) is 2.01. The third kappa shape index (κ3) is 3.88. The molecule has 9 heteroatoms. The predicted molar refractivity (Wildman–Crippen MR) is 94.6 cm³/mol. The Morgan fingerprint density at radius 3 is 2.46 bits per heavy atom. The fourth-order valence-corrected chi connectivity index (χ4v) is 4.74. The summed E-state index contributed by atoms with van der Waals surface area (Å²) in [5.74, 6) is -0.490. The summed E-state index contributed by atoms with van der Waals surface area (Å²) < 4.78 is 27.6. The highest BCUT2D eigenvalue weighted by atomic mass is 32.2. The van der Waals surface area contributed by atoms with Crippen molar-refractivity contribution in [3.8, 4) is 0 Å². The van der Waals surface area contributed by atoms with E-state index in [1.165, 1.54) is 17.4 Å². The quantitative estimate of drug-likeness (QED) is 0.689. The first-order valence-electron chi connectivity index (χ1n) is 6.87. The Hall–Kier alpha value is -2.07. The van der Waals surface area contributed by atoms with E-state index in [4.69, 9.17) is 0 Å². The summed E-state index contributed by atoms with van der Waals surface area (Å²) in [5, 5.41) is 6.44. The number of benzene rings is 1. The molecule has 0 saturated carbocycles. The zero-order valence-corrected chi connectivity index (χ0v) is 14.7. The Kier molecular flexibility index (Phi) is 5.05. The molecule has 0 bridgehead atoms. The third-order valence-corrected chi connectivity index (χ3v) is 6.60. The van der Waals surface area contributed by atoms with Crippen LogP contribution in [0, 0.1) is 0 Å². The van der Waals surface area contributed by atoms with Gasteiger partial charge in [-0.25, -0.2) is 13.4 Å². The van der Waals surface area contributed by atoms with Crippen LogP contribution in [0.4, 0.5) is 5.13 Å². The van der Waals surface area contributed by atoms with Crippen LogP contribution in [-0.4, -0.2) is 19.3 Å². The Bertz CT molecular complexity index is 892. The highest BCUT2D eigenvalue weighted by molar-refractivity contribution is 7.91. The Morgan fingerprint density at radius 2 is 1.83 bits per heavy atom. The fraction of sp³-hybridized carbons (Fsp3) is 0.0667. The lowest BCUT2D eigenvalue weighted by molar-refractivity contribution is -0.117. The minimum absolute atomic E-state index is 0.158. The summed E-state index contributed by atoms with van der Waals surface area (Å²) in [6.07, 6.45) is 1.56. The molecule has 1 atom stereocenters. The highest BCUT2D eigenvalue weighted by Crippen LogP contribution is 2.22. The first-order valence-corrected chi connectivity index (χ1v) is 10.1. The summed E-state index contributed by atoms with van der Waals surface area (Å²) >= 11 is 2.35. The van der Waals surface area contributed by atoms with Crippen molar-refractivity contribution in [2.24, 2.45) is 0 Å². The molecule has 1 unspecified atom stereocenters. The second-order valence-corrected chi connectivity index (χ2v) is 8.51. The van der Waals surface area contributed by atoms with Crippen molar-refractivity contribution in [1.29, 1.82) is 0 Å². The molecule has 124 valence electrons. The number of aromatic nitrogens is 1. The second kappa shape index (κ2) is 7.22. The van der Waals surface area contributed by atoms with E-state index in [0.29, 0.717) is 10.7 Å². The number of hydrogen-bond acceptors (Lipinski definition) is 6. The predicted octanol–water partition coefficient (Wildman–Crippen LogP) is 2.86. The maximum Gasteiger partial charge on any atom is 0.251 e. The number of nitrogens with one attached hydrogen (secondary N) is 2. The number of nitrogens with zero attached hydrogens (tertiary/aromatic N) is 1. The normalized spacial score (nSPS) is 12.7. The van der Waals surface area contributed by atoms with Crippen molar-refractivity contribution >= 4 is 43.7 Å². The van der Waals surface area contributed by atoms with Crippen LogP contribution in [0.25, 0.3) is 0 Å². The van der Waals surface area contributed by atoms with E-state index in [1.807, 2.05) is 0 Å². The molecule has 2 heterocycles. The van der Waals surface area contributed by atoms with Crippen LogP contribution in [0.15, 0.2) is 63.6 Å². The zero-order chi connectivity index (χ0) is 17.0. The summed E-state index contributed by atoms with van der Waals surface area (Å²) in [7, 11) is -3.80. The van der Waals surface area contributed by atoms with Crippen molar-refractivity contribution in [2.75, 3.05) is 5.32 Å². The van der Waals surface area contributed by atoms with Gasteiger partial charge in [-0.3, -0.25) is 4.79 Å². The van der Waals surface area contributed by atoms with E-state index in [9.17, 15) is 13.2 Å². The van der Waals surface area contributed by atoms with Crippen LogP contribution in [-0.2, 0) is 14.8 Å². The molecule has 3 aromatic rings. The van der Waals surface area contributed by atoms with Crippen LogP contribution >= 0.6 is 22.7 Å². The SMILES string of the molecule is O=C(Nc1nccs1)C(NS(=O)(=O)c1cccs1)c1ccccc1. The van der Waals surface area contributed by atoms with Crippen LogP contribution in [0.5, 0.6) is 0 Å². The minimum Gasteiger partial charge on any atom is -0.300 e. The van der Waals surface area contributed by atoms with Gasteiger partial charge in [0.2, 0.25) is 5.91 Å². The maximum absolute atomic E-state index is 12.6.